The lowest BCUT2D eigenvalue weighted by Gasteiger charge is -2.15. The van der Waals surface area contributed by atoms with Gasteiger partial charge in [-0.25, -0.2) is 4.79 Å². The molecule has 1 saturated heterocycles. The van der Waals surface area contributed by atoms with Crippen LogP contribution in [0, 0.1) is 6.92 Å². The van der Waals surface area contributed by atoms with Crippen LogP contribution in [0.25, 0.3) is 0 Å². The molecule has 3 N–H and O–H groups in total. The van der Waals surface area contributed by atoms with Crippen LogP contribution in [0.1, 0.15) is 28.8 Å². The average molecular weight is 442 g/mol. The number of anilines is 4. The average Bonchev–Trinajstić information content (AvgIpc) is 3.14. The Morgan fingerprint density at radius 1 is 0.758 bits per heavy atom. The monoisotopic (exact) mass is 442 g/mol. The number of rotatable bonds is 5. The Balaban J connectivity index is 1.43. The van der Waals surface area contributed by atoms with Crippen molar-refractivity contribution < 1.29 is 19.2 Å². The van der Waals surface area contributed by atoms with E-state index in [1.165, 1.54) is 0 Å². The van der Waals surface area contributed by atoms with Gasteiger partial charge in [0.15, 0.2) is 0 Å². The second kappa shape index (κ2) is 9.35. The lowest BCUT2D eigenvalue weighted by molar-refractivity contribution is -0.121. The van der Waals surface area contributed by atoms with Crippen LogP contribution in [0.2, 0.25) is 0 Å². The molecule has 0 spiro atoms. The van der Waals surface area contributed by atoms with Gasteiger partial charge in [0.2, 0.25) is 11.8 Å². The molecule has 4 rings (SSSR count). The third kappa shape index (κ3) is 5.07. The number of amides is 5. The van der Waals surface area contributed by atoms with Crippen molar-refractivity contribution in [2.75, 3.05) is 20.9 Å². The van der Waals surface area contributed by atoms with Gasteiger partial charge >= 0.3 is 6.03 Å². The van der Waals surface area contributed by atoms with Gasteiger partial charge < -0.3 is 16.0 Å². The van der Waals surface area contributed by atoms with Crippen LogP contribution in [-0.2, 0) is 9.59 Å². The number of hydrogen-bond acceptors (Lipinski definition) is 4. The summed E-state index contributed by atoms with van der Waals surface area (Å²) in [5.74, 6) is -0.837. The van der Waals surface area contributed by atoms with Crippen molar-refractivity contribution in [3.8, 4) is 0 Å². The van der Waals surface area contributed by atoms with Crippen LogP contribution >= 0.6 is 0 Å². The molecule has 1 aliphatic heterocycles. The fourth-order valence-electron chi connectivity index (χ4n) is 3.47. The van der Waals surface area contributed by atoms with Crippen LogP contribution in [0.15, 0.2) is 72.8 Å². The molecule has 0 bridgehead atoms. The second-order valence-corrected chi connectivity index (χ2v) is 7.60. The van der Waals surface area contributed by atoms with E-state index in [0.29, 0.717) is 28.3 Å². The Bertz CT molecular complexity index is 1210. The highest BCUT2D eigenvalue weighted by Crippen LogP contribution is 2.24. The van der Waals surface area contributed by atoms with Crippen molar-refractivity contribution in [3.63, 3.8) is 0 Å². The van der Waals surface area contributed by atoms with E-state index in [1.54, 1.807) is 54.6 Å². The maximum atomic E-state index is 12.7. The largest absolute Gasteiger partial charge is 0.323 e. The molecule has 0 atom stereocenters. The minimum absolute atomic E-state index is 0.202. The molecule has 8 heteroatoms. The molecule has 3 aromatic rings. The van der Waals surface area contributed by atoms with Crippen molar-refractivity contribution in [2.45, 2.75) is 19.8 Å². The number of nitrogens with zero attached hydrogens (tertiary/aromatic N) is 1. The molecule has 0 unspecified atom stereocenters. The van der Waals surface area contributed by atoms with Gasteiger partial charge in [-0.3, -0.25) is 19.3 Å². The van der Waals surface area contributed by atoms with Gasteiger partial charge in [0, 0.05) is 35.5 Å². The molecule has 1 aliphatic rings. The smallest absolute Gasteiger partial charge is 0.322 e. The minimum atomic E-state index is -0.399. The zero-order valence-electron chi connectivity index (χ0n) is 17.9. The van der Waals surface area contributed by atoms with E-state index >= 15 is 0 Å². The van der Waals surface area contributed by atoms with Crippen molar-refractivity contribution in [3.05, 3.63) is 83.9 Å². The first-order chi connectivity index (χ1) is 15.9. The molecule has 33 heavy (non-hydrogen) atoms. The summed E-state index contributed by atoms with van der Waals surface area (Å²) >= 11 is 0. The summed E-state index contributed by atoms with van der Waals surface area (Å²) in [7, 11) is 0. The van der Waals surface area contributed by atoms with Crippen LogP contribution in [0.4, 0.5) is 27.5 Å². The van der Waals surface area contributed by atoms with E-state index in [2.05, 4.69) is 16.0 Å². The molecule has 1 heterocycles. The number of para-hydroxylation sites is 1. The van der Waals surface area contributed by atoms with Crippen LogP contribution < -0.4 is 20.9 Å². The Morgan fingerprint density at radius 3 is 2.06 bits per heavy atom. The molecule has 0 aromatic heterocycles. The number of urea groups is 1. The number of nitrogens with one attached hydrogen (secondary N) is 3. The predicted octanol–water partition coefficient (Wildman–Crippen LogP) is 4.54. The molecule has 0 saturated carbocycles. The molecule has 0 aliphatic carbocycles. The van der Waals surface area contributed by atoms with E-state index in [4.69, 9.17) is 0 Å². The van der Waals surface area contributed by atoms with Gasteiger partial charge in [0.25, 0.3) is 5.91 Å². The van der Waals surface area contributed by atoms with Crippen molar-refractivity contribution in [1.29, 1.82) is 0 Å². The number of aryl methyl sites for hydroxylation is 1. The van der Waals surface area contributed by atoms with Crippen molar-refractivity contribution in [1.82, 2.24) is 0 Å². The summed E-state index contributed by atoms with van der Waals surface area (Å²) in [6, 6.07) is 20.2. The van der Waals surface area contributed by atoms with E-state index in [-0.39, 0.29) is 30.6 Å². The number of carbonyl (C=O) groups is 4. The molecule has 1 fully saturated rings. The topological polar surface area (TPSA) is 108 Å². The van der Waals surface area contributed by atoms with E-state index in [9.17, 15) is 19.2 Å². The maximum Gasteiger partial charge on any atom is 0.323 e. The molecular formula is C25H22N4O4. The molecule has 0 radical (unpaired) electrons. The number of benzene rings is 3. The fourth-order valence-corrected chi connectivity index (χ4v) is 3.47. The lowest BCUT2D eigenvalue weighted by atomic mass is 10.1. The first-order valence-electron chi connectivity index (χ1n) is 10.4. The third-order valence-corrected chi connectivity index (χ3v) is 5.21. The summed E-state index contributed by atoms with van der Waals surface area (Å²) in [4.78, 5) is 49.9. The first kappa shape index (κ1) is 21.8. The molecule has 5 amide bonds. The number of carbonyl (C=O) groups excluding carboxylic acids is 4. The summed E-state index contributed by atoms with van der Waals surface area (Å²) in [5.41, 5.74) is 3.37. The Kier molecular flexibility index (Phi) is 6.17. The zero-order chi connectivity index (χ0) is 23.4. The minimum Gasteiger partial charge on any atom is -0.322 e. The normalized spacial score (nSPS) is 13.1. The molecule has 3 aromatic carbocycles. The highest BCUT2D eigenvalue weighted by molar-refractivity contribution is 6.20. The highest BCUT2D eigenvalue weighted by Gasteiger charge is 2.30. The van der Waals surface area contributed by atoms with E-state index < -0.39 is 6.03 Å². The van der Waals surface area contributed by atoms with Crippen LogP contribution in [0.3, 0.4) is 0 Å². The SMILES string of the molecule is Cc1ccc(NC(=O)Nc2ccccc2)cc1NC(=O)c1ccc(N2C(=O)CCC2=O)cc1. The van der Waals surface area contributed by atoms with Gasteiger partial charge in [-0.15, -0.1) is 0 Å². The zero-order valence-corrected chi connectivity index (χ0v) is 17.9. The Hall–Kier alpha value is -4.46. The predicted molar refractivity (Wildman–Crippen MR) is 126 cm³/mol. The van der Waals surface area contributed by atoms with Gasteiger partial charge in [-0.2, -0.15) is 0 Å². The fraction of sp³-hybridized carbons (Fsp3) is 0.120. The summed E-state index contributed by atoms with van der Waals surface area (Å²) in [5, 5.41) is 8.32. The van der Waals surface area contributed by atoms with Crippen molar-refractivity contribution >= 4 is 46.5 Å². The van der Waals surface area contributed by atoms with E-state index in [0.717, 1.165) is 10.5 Å². The van der Waals surface area contributed by atoms with E-state index in [1.807, 2.05) is 25.1 Å². The Morgan fingerprint density at radius 2 is 1.39 bits per heavy atom. The lowest BCUT2D eigenvalue weighted by Crippen LogP contribution is -2.28. The molecule has 166 valence electrons. The van der Waals surface area contributed by atoms with Crippen LogP contribution in [0.5, 0.6) is 0 Å². The summed E-state index contributed by atoms with van der Waals surface area (Å²) in [6.45, 7) is 1.84. The number of imide groups is 1. The molecule has 8 nitrogen and oxygen atoms in total. The molecular weight excluding hydrogens is 420 g/mol. The Labute approximate surface area is 190 Å². The third-order valence-electron chi connectivity index (χ3n) is 5.21. The second-order valence-electron chi connectivity index (χ2n) is 7.60. The van der Waals surface area contributed by atoms with Crippen molar-refractivity contribution in [2.24, 2.45) is 0 Å². The van der Waals surface area contributed by atoms with Gasteiger partial charge in [-0.1, -0.05) is 24.3 Å². The standard InChI is InChI=1S/C25H22N4O4/c1-16-7-10-19(27-25(33)26-18-5-3-2-4-6-18)15-21(16)28-24(32)17-8-11-20(12-9-17)29-22(30)13-14-23(29)31/h2-12,15H,13-14H2,1H3,(H,28,32)(H2,26,27,33). The highest BCUT2D eigenvalue weighted by atomic mass is 16.2. The van der Waals surface area contributed by atoms with Gasteiger partial charge in [0.1, 0.15) is 0 Å². The quantitative estimate of drug-likeness (QED) is 0.504. The van der Waals surface area contributed by atoms with Gasteiger partial charge in [0.05, 0.1) is 5.69 Å². The van der Waals surface area contributed by atoms with Gasteiger partial charge in [-0.05, 0) is 61.0 Å². The number of hydrogen-bond donors (Lipinski definition) is 3. The maximum absolute atomic E-state index is 12.7. The summed E-state index contributed by atoms with van der Waals surface area (Å²) < 4.78 is 0. The summed E-state index contributed by atoms with van der Waals surface area (Å²) in [6.07, 6.45) is 0.405. The first-order valence-corrected chi connectivity index (χ1v) is 10.4. The van der Waals surface area contributed by atoms with Crippen LogP contribution in [-0.4, -0.2) is 23.8 Å².